The molecule has 0 aromatic heterocycles. The third kappa shape index (κ3) is 2.85. The van der Waals surface area contributed by atoms with Gasteiger partial charge in [0.15, 0.2) is 0 Å². The van der Waals surface area contributed by atoms with E-state index in [9.17, 15) is 9.59 Å². The lowest BCUT2D eigenvalue weighted by molar-refractivity contribution is 0.0977. The fraction of sp³-hybridized carbons (Fsp3) is 0.125. The second-order valence-electron chi connectivity index (χ2n) is 4.68. The summed E-state index contributed by atoms with van der Waals surface area (Å²) in [6, 6.07) is 12.2. The molecule has 2 aromatic rings. The number of anilines is 1. The van der Waals surface area contributed by atoms with Crippen LogP contribution in [0.25, 0.3) is 0 Å². The molecule has 0 aliphatic carbocycles. The molecule has 2 amide bonds. The number of benzene rings is 2. The maximum atomic E-state index is 12.3. The van der Waals surface area contributed by atoms with E-state index in [4.69, 9.17) is 5.73 Å². The number of nitrogens with one attached hydrogen (secondary N) is 1. The van der Waals surface area contributed by atoms with Gasteiger partial charge in [0, 0.05) is 5.69 Å². The van der Waals surface area contributed by atoms with Gasteiger partial charge in [-0.05, 0) is 37.6 Å². The van der Waals surface area contributed by atoms with Crippen molar-refractivity contribution in [1.29, 1.82) is 0 Å². The third-order valence-electron chi connectivity index (χ3n) is 3.07. The Hall–Kier alpha value is -2.62. The first-order chi connectivity index (χ1) is 9.49. The van der Waals surface area contributed by atoms with Crippen LogP contribution in [-0.4, -0.2) is 11.8 Å². The summed E-state index contributed by atoms with van der Waals surface area (Å²) in [4.78, 5) is 23.6. The number of aryl methyl sites for hydroxylation is 2. The molecule has 2 rings (SSSR count). The summed E-state index contributed by atoms with van der Waals surface area (Å²) in [5, 5.41) is 2.80. The van der Waals surface area contributed by atoms with Gasteiger partial charge in [-0.15, -0.1) is 0 Å². The topological polar surface area (TPSA) is 72.2 Å². The highest BCUT2D eigenvalue weighted by Crippen LogP contribution is 2.18. The van der Waals surface area contributed by atoms with Crippen molar-refractivity contribution in [2.45, 2.75) is 13.8 Å². The summed E-state index contributed by atoms with van der Waals surface area (Å²) < 4.78 is 0. The molecule has 0 atom stereocenters. The summed E-state index contributed by atoms with van der Waals surface area (Å²) >= 11 is 0. The largest absolute Gasteiger partial charge is 0.366 e. The van der Waals surface area contributed by atoms with E-state index in [1.165, 1.54) is 0 Å². The van der Waals surface area contributed by atoms with E-state index in [0.29, 0.717) is 0 Å². The Kier molecular flexibility index (Phi) is 3.84. The van der Waals surface area contributed by atoms with Gasteiger partial charge in [-0.2, -0.15) is 0 Å². The summed E-state index contributed by atoms with van der Waals surface area (Å²) in [6.07, 6.45) is 0. The minimum Gasteiger partial charge on any atom is -0.366 e. The van der Waals surface area contributed by atoms with E-state index in [2.05, 4.69) is 5.32 Å². The molecular weight excluding hydrogens is 252 g/mol. The smallest absolute Gasteiger partial charge is 0.256 e. The molecule has 20 heavy (non-hydrogen) atoms. The average molecular weight is 268 g/mol. The Morgan fingerprint density at radius 2 is 1.65 bits per heavy atom. The van der Waals surface area contributed by atoms with Crippen molar-refractivity contribution in [2.75, 3.05) is 5.32 Å². The molecule has 0 fully saturated rings. The fourth-order valence-electron chi connectivity index (χ4n) is 2.04. The van der Waals surface area contributed by atoms with Crippen LogP contribution in [0.2, 0.25) is 0 Å². The highest BCUT2D eigenvalue weighted by Gasteiger charge is 2.15. The van der Waals surface area contributed by atoms with Crippen molar-refractivity contribution in [1.82, 2.24) is 0 Å². The van der Waals surface area contributed by atoms with Crippen molar-refractivity contribution in [3.8, 4) is 0 Å². The minimum atomic E-state index is -0.614. The molecule has 102 valence electrons. The predicted molar refractivity (Wildman–Crippen MR) is 78.8 cm³/mol. The fourth-order valence-corrected chi connectivity index (χ4v) is 2.04. The van der Waals surface area contributed by atoms with Gasteiger partial charge in [0.2, 0.25) is 5.91 Å². The molecule has 4 nitrogen and oxygen atoms in total. The number of rotatable bonds is 3. The van der Waals surface area contributed by atoms with Crippen LogP contribution in [0.4, 0.5) is 5.69 Å². The van der Waals surface area contributed by atoms with E-state index in [0.717, 1.165) is 16.8 Å². The van der Waals surface area contributed by atoms with Gasteiger partial charge in [-0.25, -0.2) is 0 Å². The Morgan fingerprint density at radius 1 is 1.00 bits per heavy atom. The first-order valence-electron chi connectivity index (χ1n) is 6.26. The average Bonchev–Trinajstić information content (AvgIpc) is 2.41. The molecule has 0 spiro atoms. The Morgan fingerprint density at radius 3 is 2.25 bits per heavy atom. The van der Waals surface area contributed by atoms with Crippen LogP contribution in [-0.2, 0) is 0 Å². The molecule has 0 aliphatic rings. The molecule has 0 saturated carbocycles. The van der Waals surface area contributed by atoms with Gasteiger partial charge in [0.25, 0.3) is 5.91 Å². The standard InChI is InChI=1S/C16H16N2O2/c1-10-7-8-14(11(2)9-10)18-16(20)13-6-4-3-5-12(13)15(17)19/h3-9H,1-2H3,(H2,17,19)(H,18,20). The van der Waals surface area contributed by atoms with Crippen molar-refractivity contribution in [3.63, 3.8) is 0 Å². The van der Waals surface area contributed by atoms with E-state index < -0.39 is 5.91 Å². The van der Waals surface area contributed by atoms with E-state index in [1.807, 2.05) is 32.0 Å². The zero-order chi connectivity index (χ0) is 14.7. The quantitative estimate of drug-likeness (QED) is 0.898. The van der Waals surface area contributed by atoms with Crippen LogP contribution in [0, 0.1) is 13.8 Å². The molecular formula is C16H16N2O2. The number of primary amides is 1. The molecule has 0 radical (unpaired) electrons. The first kappa shape index (κ1) is 13.8. The maximum absolute atomic E-state index is 12.3. The highest BCUT2D eigenvalue weighted by molar-refractivity contribution is 6.11. The molecule has 2 aromatic carbocycles. The van der Waals surface area contributed by atoms with Gasteiger partial charge in [-0.3, -0.25) is 9.59 Å². The number of carbonyl (C=O) groups excluding carboxylic acids is 2. The van der Waals surface area contributed by atoms with Crippen LogP contribution in [0.5, 0.6) is 0 Å². The zero-order valence-electron chi connectivity index (χ0n) is 11.4. The Labute approximate surface area is 117 Å². The molecule has 4 heteroatoms. The van der Waals surface area contributed by atoms with Gasteiger partial charge >= 0.3 is 0 Å². The zero-order valence-corrected chi connectivity index (χ0v) is 11.4. The minimum absolute atomic E-state index is 0.217. The van der Waals surface area contributed by atoms with Gasteiger partial charge < -0.3 is 11.1 Å². The highest BCUT2D eigenvalue weighted by atomic mass is 16.2. The summed E-state index contributed by atoms with van der Waals surface area (Å²) in [6.45, 7) is 3.91. The normalized spacial score (nSPS) is 10.1. The van der Waals surface area contributed by atoms with Crippen LogP contribution in [0.3, 0.4) is 0 Å². The van der Waals surface area contributed by atoms with Gasteiger partial charge in [-0.1, -0.05) is 29.8 Å². The number of carbonyl (C=O) groups is 2. The monoisotopic (exact) mass is 268 g/mol. The second kappa shape index (κ2) is 5.57. The summed E-state index contributed by atoms with van der Waals surface area (Å²) in [5.74, 6) is -0.956. The van der Waals surface area contributed by atoms with E-state index >= 15 is 0 Å². The molecule has 0 aliphatic heterocycles. The second-order valence-corrected chi connectivity index (χ2v) is 4.68. The SMILES string of the molecule is Cc1ccc(NC(=O)c2ccccc2C(N)=O)c(C)c1. The molecule has 0 heterocycles. The lowest BCUT2D eigenvalue weighted by Gasteiger charge is -2.10. The van der Waals surface area contributed by atoms with Crippen molar-refractivity contribution < 1.29 is 9.59 Å². The predicted octanol–water partition coefficient (Wildman–Crippen LogP) is 2.65. The Balaban J connectivity index is 2.31. The van der Waals surface area contributed by atoms with Crippen LogP contribution in [0.15, 0.2) is 42.5 Å². The van der Waals surface area contributed by atoms with E-state index in [1.54, 1.807) is 24.3 Å². The molecule has 3 N–H and O–H groups in total. The van der Waals surface area contributed by atoms with Crippen LogP contribution >= 0.6 is 0 Å². The number of amides is 2. The molecule has 0 unspecified atom stereocenters. The number of hydrogen-bond donors (Lipinski definition) is 2. The summed E-state index contributed by atoms with van der Waals surface area (Å²) in [5.41, 5.74) is 8.58. The summed E-state index contributed by atoms with van der Waals surface area (Å²) in [7, 11) is 0. The van der Waals surface area contributed by atoms with Crippen LogP contribution < -0.4 is 11.1 Å². The van der Waals surface area contributed by atoms with Gasteiger partial charge in [0.05, 0.1) is 11.1 Å². The van der Waals surface area contributed by atoms with Gasteiger partial charge in [0.1, 0.15) is 0 Å². The maximum Gasteiger partial charge on any atom is 0.256 e. The lowest BCUT2D eigenvalue weighted by Crippen LogP contribution is -2.20. The molecule has 0 saturated heterocycles. The van der Waals surface area contributed by atoms with E-state index in [-0.39, 0.29) is 17.0 Å². The lowest BCUT2D eigenvalue weighted by atomic mass is 10.1. The number of hydrogen-bond acceptors (Lipinski definition) is 2. The van der Waals surface area contributed by atoms with Crippen molar-refractivity contribution in [3.05, 3.63) is 64.7 Å². The number of nitrogens with two attached hydrogens (primary N) is 1. The Bertz CT molecular complexity index is 678. The first-order valence-corrected chi connectivity index (χ1v) is 6.26. The molecule has 0 bridgehead atoms. The van der Waals surface area contributed by atoms with Crippen LogP contribution in [0.1, 0.15) is 31.8 Å². The van der Waals surface area contributed by atoms with Crippen molar-refractivity contribution in [2.24, 2.45) is 5.73 Å². The third-order valence-corrected chi connectivity index (χ3v) is 3.07. The van der Waals surface area contributed by atoms with Crippen molar-refractivity contribution >= 4 is 17.5 Å².